The Labute approximate surface area is 119 Å². The highest BCUT2D eigenvalue weighted by atomic mass is 32.2. The molecule has 2 heterocycles. The van der Waals surface area contributed by atoms with E-state index in [-0.39, 0.29) is 6.04 Å². The lowest BCUT2D eigenvalue weighted by molar-refractivity contribution is 0.246. The maximum atomic E-state index is 12.8. The molecular formula is C13H22N2O2S2. The van der Waals surface area contributed by atoms with Crippen LogP contribution < -0.4 is 5.73 Å². The third-order valence-corrected chi connectivity index (χ3v) is 7.04. The van der Waals surface area contributed by atoms with E-state index in [9.17, 15) is 8.42 Å². The van der Waals surface area contributed by atoms with Crippen molar-refractivity contribution >= 4 is 21.4 Å². The fourth-order valence-electron chi connectivity index (χ4n) is 2.71. The number of nitrogens with zero attached hydrogens (tertiary/aromatic N) is 1. The molecule has 1 unspecified atom stereocenters. The standard InChI is InChI=1S/C13H22N2O2S2/c1-3-11-6-4-5-7-15(11)19(16,17)13-8-12(9-14)18-10(13)2/h8,11H,3-7,9,14H2,1-2H3. The number of rotatable bonds is 4. The van der Waals surface area contributed by atoms with Crippen LogP contribution in [-0.2, 0) is 16.6 Å². The number of aryl methyl sites for hydroxylation is 1. The summed E-state index contributed by atoms with van der Waals surface area (Å²) in [4.78, 5) is 2.24. The van der Waals surface area contributed by atoms with E-state index in [0.717, 1.165) is 35.4 Å². The van der Waals surface area contributed by atoms with E-state index in [2.05, 4.69) is 6.92 Å². The van der Waals surface area contributed by atoms with E-state index in [4.69, 9.17) is 5.73 Å². The van der Waals surface area contributed by atoms with Gasteiger partial charge in [-0.25, -0.2) is 8.42 Å². The Hall–Kier alpha value is -0.430. The van der Waals surface area contributed by atoms with Crippen LogP contribution in [-0.4, -0.2) is 25.3 Å². The highest BCUT2D eigenvalue weighted by Crippen LogP contribution is 2.32. The van der Waals surface area contributed by atoms with E-state index in [1.54, 1.807) is 10.4 Å². The molecule has 2 N–H and O–H groups in total. The van der Waals surface area contributed by atoms with Crippen LogP contribution in [0.1, 0.15) is 42.4 Å². The lowest BCUT2D eigenvalue weighted by Crippen LogP contribution is -2.43. The first kappa shape index (κ1) is 15.0. The van der Waals surface area contributed by atoms with Crippen molar-refractivity contribution in [1.29, 1.82) is 0 Å². The second kappa shape index (κ2) is 5.91. The quantitative estimate of drug-likeness (QED) is 0.929. The maximum Gasteiger partial charge on any atom is 0.244 e. The van der Waals surface area contributed by atoms with Crippen LogP contribution in [0, 0.1) is 6.92 Å². The van der Waals surface area contributed by atoms with Gasteiger partial charge in [-0.3, -0.25) is 0 Å². The van der Waals surface area contributed by atoms with E-state index >= 15 is 0 Å². The molecule has 0 aromatic carbocycles. The number of piperidine rings is 1. The predicted molar refractivity (Wildman–Crippen MR) is 78.8 cm³/mol. The Balaban J connectivity index is 2.37. The molecule has 1 fully saturated rings. The first-order valence-corrected chi connectivity index (χ1v) is 9.07. The van der Waals surface area contributed by atoms with Gasteiger partial charge in [-0.05, 0) is 32.3 Å². The van der Waals surface area contributed by atoms with Gasteiger partial charge < -0.3 is 5.73 Å². The molecule has 0 radical (unpaired) electrons. The van der Waals surface area contributed by atoms with Gasteiger partial charge in [-0.15, -0.1) is 11.3 Å². The minimum Gasteiger partial charge on any atom is -0.326 e. The number of hydrogen-bond acceptors (Lipinski definition) is 4. The largest absolute Gasteiger partial charge is 0.326 e. The molecule has 1 aromatic rings. The fourth-order valence-corrected chi connectivity index (χ4v) is 5.96. The zero-order valence-electron chi connectivity index (χ0n) is 11.6. The maximum absolute atomic E-state index is 12.8. The molecule has 0 spiro atoms. The molecule has 6 heteroatoms. The van der Waals surface area contributed by atoms with Crippen LogP contribution >= 0.6 is 11.3 Å². The molecule has 2 rings (SSSR count). The van der Waals surface area contributed by atoms with Gasteiger partial charge in [0.2, 0.25) is 10.0 Å². The summed E-state index contributed by atoms with van der Waals surface area (Å²) >= 11 is 1.48. The number of nitrogens with two attached hydrogens (primary N) is 1. The Morgan fingerprint density at radius 1 is 1.47 bits per heavy atom. The van der Waals surface area contributed by atoms with Gasteiger partial charge in [0.15, 0.2) is 0 Å². The van der Waals surface area contributed by atoms with E-state index in [1.165, 1.54) is 11.3 Å². The van der Waals surface area contributed by atoms with Crippen LogP contribution in [0.2, 0.25) is 0 Å². The van der Waals surface area contributed by atoms with Crippen molar-refractivity contribution < 1.29 is 8.42 Å². The van der Waals surface area contributed by atoms with Crippen molar-refractivity contribution in [2.45, 2.75) is 57.0 Å². The second-order valence-corrected chi connectivity index (χ2v) is 8.21. The highest BCUT2D eigenvalue weighted by molar-refractivity contribution is 7.89. The second-order valence-electron chi connectivity index (χ2n) is 5.01. The lowest BCUT2D eigenvalue weighted by atomic mass is 10.0. The lowest BCUT2D eigenvalue weighted by Gasteiger charge is -2.34. The van der Waals surface area contributed by atoms with E-state index in [0.29, 0.717) is 18.0 Å². The minimum absolute atomic E-state index is 0.152. The Morgan fingerprint density at radius 2 is 2.21 bits per heavy atom. The summed E-state index contributed by atoms with van der Waals surface area (Å²) in [6.45, 7) is 4.97. The molecule has 19 heavy (non-hydrogen) atoms. The van der Waals surface area contributed by atoms with Crippen LogP contribution in [0.4, 0.5) is 0 Å². The van der Waals surface area contributed by atoms with Gasteiger partial charge in [0.05, 0.1) is 4.90 Å². The van der Waals surface area contributed by atoms with Crippen molar-refractivity contribution in [3.63, 3.8) is 0 Å². The molecule has 0 bridgehead atoms. The molecule has 1 aliphatic rings. The third-order valence-electron chi connectivity index (χ3n) is 3.76. The molecule has 0 aliphatic carbocycles. The third kappa shape index (κ3) is 2.86. The summed E-state index contributed by atoms with van der Waals surface area (Å²) in [7, 11) is -3.36. The molecule has 0 amide bonds. The van der Waals surface area contributed by atoms with Gasteiger partial charge >= 0.3 is 0 Å². The van der Waals surface area contributed by atoms with Gasteiger partial charge in [-0.2, -0.15) is 4.31 Å². The van der Waals surface area contributed by atoms with Crippen LogP contribution in [0.15, 0.2) is 11.0 Å². The number of hydrogen-bond donors (Lipinski definition) is 1. The predicted octanol–water partition coefficient (Wildman–Crippen LogP) is 2.47. The van der Waals surface area contributed by atoms with Crippen molar-refractivity contribution in [3.05, 3.63) is 15.8 Å². The molecule has 1 atom stereocenters. The molecule has 1 saturated heterocycles. The Kier molecular flexibility index (Phi) is 4.66. The summed E-state index contributed by atoms with van der Waals surface area (Å²) in [6.07, 6.45) is 3.94. The molecular weight excluding hydrogens is 280 g/mol. The van der Waals surface area contributed by atoms with Gasteiger partial charge in [0.25, 0.3) is 0 Å². The molecule has 0 saturated carbocycles. The van der Waals surface area contributed by atoms with E-state index in [1.807, 2.05) is 6.92 Å². The average Bonchev–Trinajstić information content (AvgIpc) is 2.80. The first-order valence-electron chi connectivity index (χ1n) is 6.82. The van der Waals surface area contributed by atoms with Crippen LogP contribution in [0.25, 0.3) is 0 Å². The summed E-state index contributed by atoms with van der Waals surface area (Å²) in [5, 5.41) is 0. The van der Waals surface area contributed by atoms with Crippen molar-refractivity contribution in [3.8, 4) is 0 Å². The monoisotopic (exact) mass is 302 g/mol. The van der Waals surface area contributed by atoms with Crippen molar-refractivity contribution in [1.82, 2.24) is 4.31 Å². The Morgan fingerprint density at radius 3 is 2.79 bits per heavy atom. The minimum atomic E-state index is -3.36. The molecule has 1 aromatic heterocycles. The van der Waals surface area contributed by atoms with Crippen molar-refractivity contribution in [2.24, 2.45) is 5.73 Å². The van der Waals surface area contributed by atoms with Gasteiger partial charge in [0, 0.05) is 28.9 Å². The first-order chi connectivity index (χ1) is 9.00. The topological polar surface area (TPSA) is 63.4 Å². The molecule has 108 valence electrons. The van der Waals surface area contributed by atoms with Crippen LogP contribution in [0.3, 0.4) is 0 Å². The van der Waals surface area contributed by atoms with Crippen molar-refractivity contribution in [2.75, 3.05) is 6.54 Å². The van der Waals surface area contributed by atoms with Gasteiger partial charge in [-0.1, -0.05) is 13.3 Å². The highest BCUT2D eigenvalue weighted by Gasteiger charge is 2.34. The number of thiophene rings is 1. The Bertz CT molecular complexity index is 537. The zero-order chi connectivity index (χ0) is 14.0. The molecule has 4 nitrogen and oxygen atoms in total. The summed E-state index contributed by atoms with van der Waals surface area (Å²) < 4.78 is 27.3. The zero-order valence-corrected chi connectivity index (χ0v) is 13.2. The normalized spacial score (nSPS) is 21.7. The number of sulfonamides is 1. The smallest absolute Gasteiger partial charge is 0.244 e. The molecule has 1 aliphatic heterocycles. The van der Waals surface area contributed by atoms with Gasteiger partial charge in [0.1, 0.15) is 0 Å². The SMILES string of the molecule is CCC1CCCCN1S(=O)(=O)c1cc(CN)sc1C. The summed E-state index contributed by atoms with van der Waals surface area (Å²) in [6, 6.07) is 1.90. The summed E-state index contributed by atoms with van der Waals surface area (Å²) in [5.41, 5.74) is 5.61. The van der Waals surface area contributed by atoms with Crippen LogP contribution in [0.5, 0.6) is 0 Å². The van der Waals surface area contributed by atoms with E-state index < -0.39 is 10.0 Å². The average molecular weight is 302 g/mol. The summed E-state index contributed by atoms with van der Waals surface area (Å²) in [5.74, 6) is 0. The fraction of sp³-hybridized carbons (Fsp3) is 0.692.